The monoisotopic (exact) mass is 695 g/mol. The smallest absolute Gasteiger partial charge is 0.136 e. The Morgan fingerprint density at radius 1 is 0.556 bits per heavy atom. The van der Waals surface area contributed by atoms with Crippen molar-refractivity contribution in [3.05, 3.63) is 187 Å². The van der Waals surface area contributed by atoms with Gasteiger partial charge < -0.3 is 4.42 Å². The Balaban J connectivity index is 1.17. The molecule has 2 heterocycles. The molecule has 54 heavy (non-hydrogen) atoms. The van der Waals surface area contributed by atoms with Gasteiger partial charge in [-0.2, -0.15) is 0 Å². The van der Waals surface area contributed by atoms with Crippen molar-refractivity contribution < 1.29 is 4.42 Å². The minimum Gasteiger partial charge on any atom is -0.456 e. The van der Waals surface area contributed by atoms with E-state index in [-0.39, 0.29) is 12.0 Å². The average Bonchev–Trinajstić information content (AvgIpc) is 3.57. The molecular weight excluding hydrogens is 655 g/mol. The molecule has 0 radical (unpaired) electrons. The summed E-state index contributed by atoms with van der Waals surface area (Å²) in [6, 6.07) is 59.6. The van der Waals surface area contributed by atoms with Gasteiger partial charge in [-0.1, -0.05) is 166 Å². The zero-order valence-electron chi connectivity index (χ0n) is 30.7. The summed E-state index contributed by atoms with van der Waals surface area (Å²) in [7, 11) is 0. The van der Waals surface area contributed by atoms with E-state index in [4.69, 9.17) is 9.41 Å². The largest absolute Gasteiger partial charge is 0.456 e. The van der Waals surface area contributed by atoms with Gasteiger partial charge in [0.25, 0.3) is 0 Å². The van der Waals surface area contributed by atoms with Crippen molar-refractivity contribution in [1.29, 1.82) is 0 Å². The van der Waals surface area contributed by atoms with Crippen molar-refractivity contribution in [2.75, 3.05) is 0 Å². The summed E-state index contributed by atoms with van der Waals surface area (Å²) in [6.45, 7) is 4.66. The Hall–Kier alpha value is -6.25. The van der Waals surface area contributed by atoms with E-state index < -0.39 is 0 Å². The molecule has 1 aliphatic heterocycles. The van der Waals surface area contributed by atoms with Gasteiger partial charge >= 0.3 is 0 Å². The summed E-state index contributed by atoms with van der Waals surface area (Å²) in [6.07, 6.45) is 4.44. The van der Waals surface area contributed by atoms with Crippen LogP contribution in [0.2, 0.25) is 0 Å². The predicted molar refractivity (Wildman–Crippen MR) is 229 cm³/mol. The third kappa shape index (κ3) is 5.61. The molecule has 0 amide bonds. The first-order valence-corrected chi connectivity index (χ1v) is 19.3. The topological polar surface area (TPSA) is 25.5 Å². The lowest BCUT2D eigenvalue weighted by Crippen LogP contribution is -2.21. The zero-order valence-corrected chi connectivity index (χ0v) is 30.7. The molecule has 0 bridgehead atoms. The third-order valence-corrected chi connectivity index (χ3v) is 11.7. The van der Waals surface area contributed by atoms with Crippen LogP contribution in [0.5, 0.6) is 0 Å². The number of hydrogen-bond donors (Lipinski definition) is 0. The standard InChI is InChI=1S/C52H41NO/c1-3-34-28-44(49-45-20-12-11-19-43(45)32-48-50(49)46-30-40-17-9-10-18-41(40)31-47(46)54-48)27-33(2)51(53-52(34)37-14-5-4-6-15-37)38-24-21-36(22-25-38)42-26-23-35-13-7-8-16-39(35)29-42/h4-27,29-34,52H,3,28H2,1-2H3/b44-27+,53-51?. The van der Waals surface area contributed by atoms with Crippen LogP contribution in [0.25, 0.3) is 71.0 Å². The van der Waals surface area contributed by atoms with Gasteiger partial charge in [-0.25, -0.2) is 0 Å². The van der Waals surface area contributed by atoms with Crippen molar-refractivity contribution in [2.45, 2.75) is 32.7 Å². The van der Waals surface area contributed by atoms with Gasteiger partial charge in [-0.15, -0.1) is 0 Å². The molecule has 8 aromatic carbocycles. The lowest BCUT2D eigenvalue weighted by atomic mass is 9.79. The van der Waals surface area contributed by atoms with E-state index in [1.54, 1.807) is 0 Å². The van der Waals surface area contributed by atoms with E-state index in [9.17, 15) is 0 Å². The van der Waals surface area contributed by atoms with Gasteiger partial charge in [0, 0.05) is 22.4 Å². The van der Waals surface area contributed by atoms with Gasteiger partial charge in [-0.05, 0) is 102 Å². The summed E-state index contributed by atoms with van der Waals surface area (Å²) in [5.74, 6) is 0.370. The fourth-order valence-electron chi connectivity index (χ4n) is 8.93. The van der Waals surface area contributed by atoms with Crippen molar-refractivity contribution >= 4 is 65.5 Å². The van der Waals surface area contributed by atoms with Crippen LogP contribution >= 0.6 is 0 Å². The molecular formula is C52H41NO. The molecule has 0 aliphatic carbocycles. The predicted octanol–water partition coefficient (Wildman–Crippen LogP) is 14.4. The van der Waals surface area contributed by atoms with Crippen LogP contribution in [-0.2, 0) is 0 Å². The highest BCUT2D eigenvalue weighted by molar-refractivity contribution is 6.20. The molecule has 3 unspecified atom stereocenters. The minimum absolute atomic E-state index is 0.0213. The van der Waals surface area contributed by atoms with Crippen LogP contribution in [0, 0.1) is 11.8 Å². The maximum atomic E-state index is 6.74. The van der Waals surface area contributed by atoms with Gasteiger partial charge in [0.05, 0.1) is 6.04 Å². The van der Waals surface area contributed by atoms with Crippen molar-refractivity contribution in [2.24, 2.45) is 16.8 Å². The van der Waals surface area contributed by atoms with Gasteiger partial charge in [0.15, 0.2) is 0 Å². The minimum atomic E-state index is 0.0213. The normalized spacial score (nSPS) is 18.8. The zero-order chi connectivity index (χ0) is 36.2. The first-order chi connectivity index (χ1) is 26.6. The average molecular weight is 696 g/mol. The lowest BCUT2D eigenvalue weighted by Gasteiger charge is -2.30. The molecule has 0 saturated carbocycles. The van der Waals surface area contributed by atoms with Crippen molar-refractivity contribution in [3.63, 3.8) is 0 Å². The number of hydrogen-bond acceptors (Lipinski definition) is 2. The number of furan rings is 1. The number of fused-ring (bicyclic) bond motifs is 6. The van der Waals surface area contributed by atoms with E-state index in [1.165, 1.54) is 76.5 Å². The van der Waals surface area contributed by atoms with E-state index in [0.717, 1.165) is 29.7 Å². The Morgan fingerprint density at radius 2 is 1.17 bits per heavy atom. The van der Waals surface area contributed by atoms with Crippen LogP contribution in [0.4, 0.5) is 0 Å². The molecule has 3 atom stereocenters. The second kappa shape index (κ2) is 13.3. The third-order valence-electron chi connectivity index (χ3n) is 11.7. The highest BCUT2D eigenvalue weighted by Crippen LogP contribution is 2.46. The van der Waals surface area contributed by atoms with Gasteiger partial charge in [0.2, 0.25) is 0 Å². The highest BCUT2D eigenvalue weighted by Gasteiger charge is 2.30. The Bertz CT molecular complexity index is 2910. The van der Waals surface area contributed by atoms with Crippen LogP contribution in [0.3, 0.4) is 0 Å². The summed E-state index contributed by atoms with van der Waals surface area (Å²) < 4.78 is 6.74. The number of benzene rings is 8. The number of nitrogens with zero attached hydrogens (tertiary/aromatic N) is 1. The van der Waals surface area contributed by atoms with Gasteiger partial charge in [0.1, 0.15) is 11.2 Å². The van der Waals surface area contributed by atoms with Crippen molar-refractivity contribution in [3.8, 4) is 11.1 Å². The molecule has 2 heteroatoms. The maximum absolute atomic E-state index is 6.74. The van der Waals surface area contributed by atoms with E-state index in [1.807, 2.05) is 0 Å². The Morgan fingerprint density at radius 3 is 1.93 bits per heavy atom. The summed E-state index contributed by atoms with van der Waals surface area (Å²) in [5.41, 5.74) is 10.5. The first-order valence-electron chi connectivity index (χ1n) is 19.3. The van der Waals surface area contributed by atoms with Crippen LogP contribution < -0.4 is 0 Å². The van der Waals surface area contributed by atoms with Crippen LogP contribution in [-0.4, -0.2) is 5.71 Å². The molecule has 0 saturated heterocycles. The quantitative estimate of drug-likeness (QED) is 0.176. The molecule has 9 aromatic rings. The lowest BCUT2D eigenvalue weighted by molar-refractivity contribution is 0.426. The van der Waals surface area contributed by atoms with Gasteiger partial charge in [-0.3, -0.25) is 4.99 Å². The van der Waals surface area contributed by atoms with Crippen molar-refractivity contribution in [1.82, 2.24) is 0 Å². The van der Waals surface area contributed by atoms with E-state index in [2.05, 4.69) is 184 Å². The fraction of sp³-hybridized carbons (Fsp3) is 0.135. The van der Waals surface area contributed by atoms with Crippen LogP contribution in [0.1, 0.15) is 49.4 Å². The first kappa shape index (κ1) is 32.4. The SMILES string of the molecule is CCC1C/C(c2c3ccccc3cc3oc4cc5ccccc5cc4c23)=C\C(C)C(c2ccc(-c3ccc4ccccc4c3)cc2)=NC1c1ccccc1. The highest BCUT2D eigenvalue weighted by atomic mass is 16.3. The summed E-state index contributed by atoms with van der Waals surface area (Å²) >= 11 is 0. The summed E-state index contributed by atoms with van der Waals surface area (Å²) in [4.78, 5) is 5.73. The number of aliphatic imine (C=N–C) groups is 1. The maximum Gasteiger partial charge on any atom is 0.136 e. The van der Waals surface area contributed by atoms with E-state index >= 15 is 0 Å². The Kier molecular flexibility index (Phi) is 7.99. The molecule has 0 fully saturated rings. The molecule has 1 aliphatic rings. The second-order valence-corrected chi connectivity index (χ2v) is 15.0. The fourth-order valence-corrected chi connectivity index (χ4v) is 8.93. The second-order valence-electron chi connectivity index (χ2n) is 15.0. The molecule has 1 aromatic heterocycles. The molecule has 0 N–H and O–H groups in total. The molecule has 260 valence electrons. The number of rotatable bonds is 5. The Labute approximate surface area is 316 Å². The van der Waals surface area contributed by atoms with E-state index in [0.29, 0.717) is 5.92 Å². The molecule has 2 nitrogen and oxygen atoms in total. The molecule has 0 spiro atoms. The molecule has 10 rings (SSSR count). The van der Waals surface area contributed by atoms with Crippen LogP contribution in [0.15, 0.2) is 179 Å². The number of allylic oxidation sites excluding steroid dienone is 2. The summed E-state index contributed by atoms with van der Waals surface area (Å²) in [5, 5.41) is 9.78.